The number of nitrogens with one attached hydrogen (secondary N) is 2. The highest BCUT2D eigenvalue weighted by atomic mass is 15.1. The molecule has 2 heterocycles. The van der Waals surface area contributed by atoms with Crippen LogP contribution in [0.4, 0.5) is 0 Å². The molecule has 2 rings (SSSR count). The fourth-order valence-electron chi connectivity index (χ4n) is 2.76. The Hall–Kier alpha value is -1.51. The Labute approximate surface area is 122 Å². The lowest BCUT2D eigenvalue weighted by atomic mass is 9.98. The number of hydrogen-bond acceptors (Lipinski definition) is 1. The maximum atomic E-state index is 4.08. The first-order valence-electron chi connectivity index (χ1n) is 8.05. The molecule has 0 aromatic carbocycles. The predicted octanol–water partition coefficient (Wildman–Crippen LogP) is 4.87. The molecule has 0 saturated heterocycles. The summed E-state index contributed by atoms with van der Waals surface area (Å²) in [6.07, 6.45) is 14.1. The number of unbranched alkanes of at least 4 members (excludes halogenated alkanes) is 4. The Kier molecular flexibility index (Phi) is 5.90. The minimum atomic E-state index is 1.11. The van der Waals surface area contributed by atoms with Crippen LogP contribution in [0.25, 0.3) is 11.4 Å². The summed E-state index contributed by atoms with van der Waals surface area (Å²) >= 11 is 0. The van der Waals surface area contributed by atoms with Gasteiger partial charge in [0.2, 0.25) is 0 Å². The zero-order valence-corrected chi connectivity index (χ0v) is 12.8. The molecule has 0 amide bonds. The number of aromatic amines is 2. The van der Waals surface area contributed by atoms with E-state index in [0.29, 0.717) is 0 Å². The lowest BCUT2D eigenvalue weighted by Gasteiger charge is -2.06. The maximum Gasteiger partial charge on any atom is 0.0815 e. The number of aromatic nitrogens is 3. The van der Waals surface area contributed by atoms with E-state index in [1.54, 1.807) is 0 Å². The van der Waals surface area contributed by atoms with Crippen molar-refractivity contribution in [3.05, 3.63) is 29.6 Å². The van der Waals surface area contributed by atoms with Gasteiger partial charge in [-0.05, 0) is 42.9 Å². The van der Waals surface area contributed by atoms with Crippen molar-refractivity contribution < 1.29 is 0 Å². The molecule has 20 heavy (non-hydrogen) atoms. The standard InChI is InChI=1S/C17H27N3/c1-3-5-7-9-14-13-18-17(16-11-12-19-20-16)15(14)10-8-6-4-2/h11-13,18H,3-10H2,1-2H3,(H,19,20). The summed E-state index contributed by atoms with van der Waals surface area (Å²) in [7, 11) is 0. The van der Waals surface area contributed by atoms with Gasteiger partial charge in [0.15, 0.2) is 0 Å². The van der Waals surface area contributed by atoms with Crippen molar-refractivity contribution in [1.82, 2.24) is 15.2 Å². The average Bonchev–Trinajstić information content (AvgIpc) is 3.09. The van der Waals surface area contributed by atoms with Crippen molar-refractivity contribution in [1.29, 1.82) is 0 Å². The van der Waals surface area contributed by atoms with Crippen molar-refractivity contribution in [3.8, 4) is 11.4 Å². The van der Waals surface area contributed by atoms with E-state index >= 15 is 0 Å². The molecule has 0 fully saturated rings. The van der Waals surface area contributed by atoms with Gasteiger partial charge in [-0.25, -0.2) is 0 Å². The lowest BCUT2D eigenvalue weighted by molar-refractivity contribution is 0.696. The molecule has 0 aliphatic rings. The second kappa shape index (κ2) is 7.93. The normalized spacial score (nSPS) is 11.1. The van der Waals surface area contributed by atoms with Gasteiger partial charge in [-0.3, -0.25) is 5.10 Å². The minimum absolute atomic E-state index is 1.11. The van der Waals surface area contributed by atoms with Crippen molar-refractivity contribution in [2.45, 2.75) is 65.2 Å². The predicted molar refractivity (Wildman–Crippen MR) is 84.8 cm³/mol. The fourth-order valence-corrected chi connectivity index (χ4v) is 2.76. The SMILES string of the molecule is CCCCCc1c[nH]c(-c2ccn[nH]2)c1CCCCC. The van der Waals surface area contributed by atoms with Crippen LogP contribution < -0.4 is 0 Å². The molecular weight excluding hydrogens is 246 g/mol. The molecule has 110 valence electrons. The molecule has 0 aliphatic carbocycles. The Balaban J connectivity index is 2.14. The van der Waals surface area contributed by atoms with E-state index in [2.05, 4.69) is 35.2 Å². The van der Waals surface area contributed by atoms with E-state index < -0.39 is 0 Å². The van der Waals surface area contributed by atoms with Gasteiger partial charge in [-0.1, -0.05) is 39.5 Å². The summed E-state index contributed by atoms with van der Waals surface area (Å²) in [5.74, 6) is 0. The fraction of sp³-hybridized carbons (Fsp3) is 0.588. The summed E-state index contributed by atoms with van der Waals surface area (Å²) in [5, 5.41) is 7.16. The summed E-state index contributed by atoms with van der Waals surface area (Å²) < 4.78 is 0. The van der Waals surface area contributed by atoms with Gasteiger partial charge in [0.25, 0.3) is 0 Å². The Morgan fingerprint density at radius 2 is 1.75 bits per heavy atom. The van der Waals surface area contributed by atoms with Gasteiger partial charge in [-0.2, -0.15) is 5.10 Å². The van der Waals surface area contributed by atoms with E-state index in [1.807, 2.05) is 12.3 Å². The van der Waals surface area contributed by atoms with Gasteiger partial charge < -0.3 is 4.98 Å². The van der Waals surface area contributed by atoms with Gasteiger partial charge >= 0.3 is 0 Å². The van der Waals surface area contributed by atoms with Crippen LogP contribution >= 0.6 is 0 Å². The Morgan fingerprint density at radius 3 is 2.40 bits per heavy atom. The van der Waals surface area contributed by atoms with Crippen LogP contribution in [0, 0.1) is 0 Å². The van der Waals surface area contributed by atoms with Crippen molar-refractivity contribution in [2.24, 2.45) is 0 Å². The van der Waals surface area contributed by atoms with E-state index in [0.717, 1.165) is 5.69 Å². The molecule has 0 spiro atoms. The van der Waals surface area contributed by atoms with E-state index in [9.17, 15) is 0 Å². The van der Waals surface area contributed by atoms with Gasteiger partial charge in [-0.15, -0.1) is 0 Å². The third-order valence-electron chi connectivity index (χ3n) is 3.93. The second-order valence-electron chi connectivity index (χ2n) is 5.55. The number of nitrogens with zero attached hydrogens (tertiary/aromatic N) is 1. The molecule has 3 heteroatoms. The summed E-state index contributed by atoms with van der Waals surface area (Å²) in [4.78, 5) is 3.46. The average molecular weight is 273 g/mol. The largest absolute Gasteiger partial charge is 0.359 e. The van der Waals surface area contributed by atoms with E-state index in [1.165, 1.54) is 68.2 Å². The number of hydrogen-bond donors (Lipinski definition) is 2. The van der Waals surface area contributed by atoms with Crippen LogP contribution in [0.1, 0.15) is 63.5 Å². The molecular formula is C17H27N3. The molecule has 0 bridgehead atoms. The van der Waals surface area contributed by atoms with E-state index in [4.69, 9.17) is 0 Å². The molecule has 2 N–H and O–H groups in total. The minimum Gasteiger partial charge on any atom is -0.359 e. The van der Waals surface area contributed by atoms with Crippen LogP contribution in [0.15, 0.2) is 18.5 Å². The van der Waals surface area contributed by atoms with Crippen LogP contribution in [-0.2, 0) is 12.8 Å². The zero-order valence-electron chi connectivity index (χ0n) is 12.8. The number of H-pyrrole nitrogens is 2. The number of rotatable bonds is 9. The van der Waals surface area contributed by atoms with Gasteiger partial charge in [0.05, 0.1) is 11.4 Å². The van der Waals surface area contributed by atoms with Crippen molar-refractivity contribution in [3.63, 3.8) is 0 Å². The summed E-state index contributed by atoms with van der Waals surface area (Å²) in [5.41, 5.74) is 5.35. The van der Waals surface area contributed by atoms with Gasteiger partial charge in [0, 0.05) is 12.4 Å². The highest BCUT2D eigenvalue weighted by Gasteiger charge is 2.13. The van der Waals surface area contributed by atoms with Crippen molar-refractivity contribution in [2.75, 3.05) is 0 Å². The highest BCUT2D eigenvalue weighted by Crippen LogP contribution is 2.27. The zero-order chi connectivity index (χ0) is 14.2. The second-order valence-corrected chi connectivity index (χ2v) is 5.55. The quantitative estimate of drug-likeness (QED) is 0.629. The first-order valence-corrected chi connectivity index (χ1v) is 8.05. The Morgan fingerprint density at radius 1 is 1.00 bits per heavy atom. The van der Waals surface area contributed by atoms with E-state index in [-0.39, 0.29) is 0 Å². The molecule has 2 aromatic heterocycles. The summed E-state index contributed by atoms with van der Waals surface area (Å²) in [6.45, 7) is 4.52. The molecule has 0 saturated carbocycles. The topological polar surface area (TPSA) is 44.5 Å². The molecule has 0 aliphatic heterocycles. The summed E-state index contributed by atoms with van der Waals surface area (Å²) in [6, 6.07) is 2.05. The molecule has 0 radical (unpaired) electrons. The molecule has 2 aromatic rings. The highest BCUT2D eigenvalue weighted by molar-refractivity contribution is 5.61. The Bertz CT molecular complexity index is 482. The van der Waals surface area contributed by atoms with Crippen molar-refractivity contribution >= 4 is 0 Å². The molecule has 3 nitrogen and oxygen atoms in total. The van der Waals surface area contributed by atoms with Crippen LogP contribution in [0.5, 0.6) is 0 Å². The first-order chi connectivity index (χ1) is 9.86. The van der Waals surface area contributed by atoms with Crippen LogP contribution in [0.2, 0.25) is 0 Å². The third kappa shape index (κ3) is 3.75. The number of aryl methyl sites for hydroxylation is 1. The first kappa shape index (κ1) is 14.9. The monoisotopic (exact) mass is 273 g/mol. The van der Waals surface area contributed by atoms with Crippen LogP contribution in [-0.4, -0.2) is 15.2 Å². The smallest absolute Gasteiger partial charge is 0.0815 e. The lowest BCUT2D eigenvalue weighted by Crippen LogP contribution is -1.94. The third-order valence-corrected chi connectivity index (χ3v) is 3.93. The van der Waals surface area contributed by atoms with Gasteiger partial charge in [0.1, 0.15) is 0 Å². The molecule has 0 atom stereocenters. The molecule has 0 unspecified atom stereocenters. The van der Waals surface area contributed by atoms with Crippen LogP contribution in [0.3, 0.4) is 0 Å². The maximum absolute atomic E-state index is 4.08.